The number of fused-ring (bicyclic) bond motifs is 2. The van der Waals surface area contributed by atoms with Gasteiger partial charge in [-0.3, -0.25) is 4.79 Å². The smallest absolute Gasteiger partial charge is 0.280 e. The Morgan fingerprint density at radius 2 is 2.03 bits per heavy atom. The van der Waals surface area contributed by atoms with Crippen molar-refractivity contribution < 1.29 is 9.18 Å². The second-order valence-electron chi connectivity index (χ2n) is 6.86. The molecule has 0 aliphatic carbocycles. The van der Waals surface area contributed by atoms with Crippen LogP contribution < -0.4 is 4.80 Å². The molecule has 5 rings (SSSR count). The molecule has 0 atom stereocenters. The largest absolute Gasteiger partial charge is 0.312 e. The van der Waals surface area contributed by atoms with Crippen molar-refractivity contribution in [2.45, 2.75) is 6.54 Å². The van der Waals surface area contributed by atoms with E-state index in [1.54, 1.807) is 29.5 Å². The molecule has 0 unspecified atom stereocenters. The summed E-state index contributed by atoms with van der Waals surface area (Å²) in [4.78, 5) is 24.0. The third kappa shape index (κ3) is 3.62. The molecule has 31 heavy (non-hydrogen) atoms. The zero-order valence-corrected chi connectivity index (χ0v) is 17.9. The predicted molar refractivity (Wildman–Crippen MR) is 125 cm³/mol. The number of benzene rings is 2. The van der Waals surface area contributed by atoms with Crippen LogP contribution in [0.5, 0.6) is 0 Å². The second kappa shape index (κ2) is 8.02. The minimum atomic E-state index is -0.360. The highest BCUT2D eigenvalue weighted by atomic mass is 32.1. The van der Waals surface area contributed by atoms with E-state index in [2.05, 4.69) is 11.6 Å². The number of hydrogen-bond acceptors (Lipinski definition) is 4. The SMILES string of the molecule is C=CCn1c(=NC(=O)c2cc(-c3cccs3)nc3ccccc23)sc2cc(F)ccc21. The molecule has 0 saturated carbocycles. The molecule has 2 aromatic carbocycles. The molecule has 0 fully saturated rings. The number of amides is 1. The lowest BCUT2D eigenvalue weighted by molar-refractivity contribution is 0.0999. The van der Waals surface area contributed by atoms with E-state index in [-0.39, 0.29) is 11.7 Å². The van der Waals surface area contributed by atoms with Crippen molar-refractivity contribution in [1.82, 2.24) is 9.55 Å². The van der Waals surface area contributed by atoms with Crippen LogP contribution in [0.25, 0.3) is 31.7 Å². The third-order valence-electron chi connectivity index (χ3n) is 4.87. The summed E-state index contributed by atoms with van der Waals surface area (Å²) in [7, 11) is 0. The number of rotatable bonds is 4. The first kappa shape index (κ1) is 19.5. The van der Waals surface area contributed by atoms with E-state index < -0.39 is 0 Å². The van der Waals surface area contributed by atoms with E-state index in [4.69, 9.17) is 4.98 Å². The van der Waals surface area contributed by atoms with Gasteiger partial charge in [-0.1, -0.05) is 41.7 Å². The van der Waals surface area contributed by atoms with Crippen LogP contribution in [0.1, 0.15) is 10.4 Å². The molecule has 7 heteroatoms. The lowest BCUT2D eigenvalue weighted by atomic mass is 10.1. The number of thiophene rings is 1. The number of aromatic nitrogens is 2. The van der Waals surface area contributed by atoms with E-state index in [0.29, 0.717) is 16.9 Å². The van der Waals surface area contributed by atoms with Crippen molar-refractivity contribution in [1.29, 1.82) is 0 Å². The van der Waals surface area contributed by atoms with E-state index in [9.17, 15) is 9.18 Å². The number of halogens is 1. The highest BCUT2D eigenvalue weighted by molar-refractivity contribution is 7.16. The Morgan fingerprint density at radius 1 is 1.16 bits per heavy atom. The fourth-order valence-electron chi connectivity index (χ4n) is 3.49. The zero-order chi connectivity index (χ0) is 21.4. The lowest BCUT2D eigenvalue weighted by Crippen LogP contribution is -2.16. The van der Waals surface area contributed by atoms with Crippen LogP contribution in [0.15, 0.2) is 83.7 Å². The first-order valence-corrected chi connectivity index (χ1v) is 11.3. The van der Waals surface area contributed by atoms with Crippen LogP contribution in [-0.2, 0) is 6.54 Å². The van der Waals surface area contributed by atoms with Gasteiger partial charge in [-0.05, 0) is 41.8 Å². The Balaban J connectivity index is 1.72. The van der Waals surface area contributed by atoms with Crippen LogP contribution in [0.4, 0.5) is 4.39 Å². The Kier molecular flexibility index (Phi) is 5.05. The predicted octanol–water partition coefficient (Wildman–Crippen LogP) is 6.05. The van der Waals surface area contributed by atoms with Gasteiger partial charge in [0, 0.05) is 11.9 Å². The van der Waals surface area contributed by atoms with E-state index in [1.165, 1.54) is 23.5 Å². The Morgan fingerprint density at radius 3 is 2.84 bits per heavy atom. The average molecular weight is 446 g/mol. The van der Waals surface area contributed by atoms with E-state index >= 15 is 0 Å². The van der Waals surface area contributed by atoms with Crippen molar-refractivity contribution in [3.63, 3.8) is 0 Å². The molecule has 0 N–H and O–H groups in total. The van der Waals surface area contributed by atoms with Crippen LogP contribution in [0.3, 0.4) is 0 Å². The maximum absolute atomic E-state index is 13.7. The second-order valence-corrected chi connectivity index (χ2v) is 8.82. The fourth-order valence-corrected chi connectivity index (χ4v) is 5.24. The average Bonchev–Trinajstić information content (AvgIpc) is 3.42. The molecule has 5 aromatic rings. The van der Waals surface area contributed by atoms with Crippen LogP contribution in [0.2, 0.25) is 0 Å². The molecule has 152 valence electrons. The number of allylic oxidation sites excluding steroid dienone is 1. The van der Waals surface area contributed by atoms with Gasteiger partial charge in [0.15, 0.2) is 4.80 Å². The molecule has 0 bridgehead atoms. The lowest BCUT2D eigenvalue weighted by Gasteiger charge is -2.06. The van der Waals surface area contributed by atoms with Gasteiger partial charge in [-0.15, -0.1) is 17.9 Å². The Labute approximate surface area is 185 Å². The van der Waals surface area contributed by atoms with Crippen molar-refractivity contribution in [2.24, 2.45) is 4.99 Å². The van der Waals surface area contributed by atoms with Crippen molar-refractivity contribution in [3.05, 3.63) is 94.9 Å². The molecule has 0 spiro atoms. The summed E-state index contributed by atoms with van der Waals surface area (Å²) < 4.78 is 16.3. The summed E-state index contributed by atoms with van der Waals surface area (Å²) in [6, 6.07) is 17.8. The molecular weight excluding hydrogens is 429 g/mol. The number of carbonyl (C=O) groups excluding carboxylic acids is 1. The third-order valence-corrected chi connectivity index (χ3v) is 6.81. The van der Waals surface area contributed by atoms with Gasteiger partial charge in [0.1, 0.15) is 5.82 Å². The number of nitrogens with zero attached hydrogens (tertiary/aromatic N) is 3. The Bertz CT molecular complexity index is 1510. The van der Waals surface area contributed by atoms with Crippen molar-refractivity contribution in [2.75, 3.05) is 0 Å². The maximum atomic E-state index is 13.7. The molecule has 0 aliphatic rings. The summed E-state index contributed by atoms with van der Waals surface area (Å²) in [6.07, 6.45) is 1.73. The molecule has 0 aliphatic heterocycles. The quantitative estimate of drug-likeness (QED) is 0.316. The van der Waals surface area contributed by atoms with Crippen LogP contribution in [-0.4, -0.2) is 15.5 Å². The van der Waals surface area contributed by atoms with Gasteiger partial charge in [0.2, 0.25) is 0 Å². The summed E-state index contributed by atoms with van der Waals surface area (Å²) in [5, 5.41) is 2.73. The minimum absolute atomic E-state index is 0.321. The van der Waals surface area contributed by atoms with Gasteiger partial charge in [-0.25, -0.2) is 9.37 Å². The molecule has 0 radical (unpaired) electrons. The highest BCUT2D eigenvalue weighted by Crippen LogP contribution is 2.28. The summed E-state index contributed by atoms with van der Waals surface area (Å²) in [5.74, 6) is -0.681. The summed E-state index contributed by atoms with van der Waals surface area (Å²) in [5.41, 5.74) is 2.79. The molecule has 4 nitrogen and oxygen atoms in total. The molecule has 3 aromatic heterocycles. The topological polar surface area (TPSA) is 47.2 Å². The maximum Gasteiger partial charge on any atom is 0.280 e. The van der Waals surface area contributed by atoms with Gasteiger partial charge >= 0.3 is 0 Å². The standard InChI is InChI=1S/C24H16FN3OS2/c1-2-11-28-20-10-9-15(25)13-22(20)31-24(28)27-23(29)17-14-19(21-8-5-12-30-21)26-18-7-4-3-6-16(17)18/h2-10,12-14H,1,11H2. The normalized spacial score (nSPS) is 12.0. The molecule has 1 amide bonds. The van der Waals surface area contributed by atoms with Crippen LogP contribution in [0, 0.1) is 5.82 Å². The van der Waals surface area contributed by atoms with E-state index in [0.717, 1.165) is 31.7 Å². The highest BCUT2D eigenvalue weighted by Gasteiger charge is 2.15. The Hall–Kier alpha value is -3.42. The first-order chi connectivity index (χ1) is 15.1. The monoisotopic (exact) mass is 445 g/mol. The molecular formula is C24H16FN3OS2. The fraction of sp³-hybridized carbons (Fsp3) is 0.0417. The summed E-state index contributed by atoms with van der Waals surface area (Å²) in [6.45, 7) is 4.26. The van der Waals surface area contributed by atoms with Gasteiger partial charge in [0.25, 0.3) is 5.91 Å². The number of pyridine rings is 1. The van der Waals surface area contributed by atoms with Crippen molar-refractivity contribution >= 4 is 49.7 Å². The number of carbonyl (C=O) groups is 1. The molecule has 0 saturated heterocycles. The number of thiazole rings is 1. The van der Waals surface area contributed by atoms with Gasteiger partial charge in [0.05, 0.1) is 31.9 Å². The van der Waals surface area contributed by atoms with Gasteiger partial charge in [-0.2, -0.15) is 4.99 Å². The van der Waals surface area contributed by atoms with Gasteiger partial charge < -0.3 is 4.57 Å². The van der Waals surface area contributed by atoms with Crippen LogP contribution >= 0.6 is 22.7 Å². The zero-order valence-electron chi connectivity index (χ0n) is 16.3. The summed E-state index contributed by atoms with van der Waals surface area (Å²) >= 11 is 2.85. The minimum Gasteiger partial charge on any atom is -0.312 e. The first-order valence-electron chi connectivity index (χ1n) is 9.56. The van der Waals surface area contributed by atoms with Crippen molar-refractivity contribution in [3.8, 4) is 10.6 Å². The number of hydrogen-bond donors (Lipinski definition) is 0. The van der Waals surface area contributed by atoms with E-state index in [1.807, 2.05) is 46.3 Å². The molecule has 3 heterocycles. The number of para-hydroxylation sites is 1.